The zero-order valence-electron chi connectivity index (χ0n) is 12.5. The van der Waals surface area contributed by atoms with Crippen LogP contribution < -0.4 is 14.8 Å². The zero-order chi connectivity index (χ0) is 16.4. The third-order valence-electron chi connectivity index (χ3n) is 3.26. The first-order valence-electron chi connectivity index (χ1n) is 6.82. The molecular weight excluding hydrogens is 320 g/mol. The Morgan fingerprint density at radius 1 is 1.35 bits per heavy atom. The molecule has 0 saturated carbocycles. The van der Waals surface area contributed by atoms with E-state index in [0.29, 0.717) is 16.5 Å². The van der Waals surface area contributed by atoms with Gasteiger partial charge in [0.15, 0.2) is 11.5 Å². The molecule has 1 aromatic carbocycles. The number of carbonyl (C=O) groups is 2. The van der Waals surface area contributed by atoms with Gasteiger partial charge >= 0.3 is 5.97 Å². The van der Waals surface area contributed by atoms with E-state index in [4.69, 9.17) is 9.47 Å². The first-order chi connectivity index (χ1) is 11.1. The lowest BCUT2D eigenvalue weighted by atomic mass is 10.2. The van der Waals surface area contributed by atoms with Crippen LogP contribution in [-0.4, -0.2) is 36.8 Å². The summed E-state index contributed by atoms with van der Waals surface area (Å²) < 4.78 is 15.2. The van der Waals surface area contributed by atoms with E-state index in [-0.39, 0.29) is 12.5 Å². The van der Waals surface area contributed by atoms with Crippen molar-refractivity contribution in [2.45, 2.75) is 13.0 Å². The van der Waals surface area contributed by atoms with Gasteiger partial charge in [-0.3, -0.25) is 4.79 Å². The van der Waals surface area contributed by atoms with Gasteiger partial charge in [0.25, 0.3) is 5.91 Å². The van der Waals surface area contributed by atoms with Crippen LogP contribution in [0.15, 0.2) is 23.6 Å². The maximum absolute atomic E-state index is 12.1. The van der Waals surface area contributed by atoms with Crippen molar-refractivity contribution in [2.24, 2.45) is 0 Å². The van der Waals surface area contributed by atoms with E-state index in [1.807, 2.05) is 12.1 Å². The first-order valence-corrected chi connectivity index (χ1v) is 7.70. The summed E-state index contributed by atoms with van der Waals surface area (Å²) in [6, 6.07) is 4.74. The Bertz CT molecular complexity index is 758. The summed E-state index contributed by atoms with van der Waals surface area (Å²) in [5.74, 6) is 0.411. The van der Waals surface area contributed by atoms with Crippen molar-refractivity contribution in [3.63, 3.8) is 0 Å². The molecule has 7 nitrogen and oxygen atoms in total. The van der Waals surface area contributed by atoms with Crippen LogP contribution in [0.4, 0.5) is 0 Å². The van der Waals surface area contributed by atoms with Gasteiger partial charge in [-0.1, -0.05) is 0 Å². The fourth-order valence-corrected chi connectivity index (χ4v) is 2.84. The second-order valence-electron chi connectivity index (χ2n) is 4.82. The van der Waals surface area contributed by atoms with E-state index in [1.54, 1.807) is 18.4 Å². The number of carbonyl (C=O) groups excluding carboxylic acids is 2. The molecule has 1 aliphatic rings. The smallest absolute Gasteiger partial charge is 0.328 e. The van der Waals surface area contributed by atoms with E-state index in [1.165, 1.54) is 18.4 Å². The van der Waals surface area contributed by atoms with Gasteiger partial charge in [0, 0.05) is 10.9 Å². The minimum absolute atomic E-state index is 0.204. The predicted octanol–water partition coefficient (Wildman–Crippen LogP) is 1.83. The van der Waals surface area contributed by atoms with E-state index in [0.717, 1.165) is 5.56 Å². The summed E-state index contributed by atoms with van der Waals surface area (Å²) >= 11 is 1.33. The van der Waals surface area contributed by atoms with Gasteiger partial charge in [-0.05, 0) is 25.1 Å². The molecule has 0 saturated heterocycles. The van der Waals surface area contributed by atoms with Gasteiger partial charge in [0.1, 0.15) is 16.7 Å². The highest BCUT2D eigenvalue weighted by molar-refractivity contribution is 7.13. The van der Waals surface area contributed by atoms with E-state index < -0.39 is 17.9 Å². The van der Waals surface area contributed by atoms with Crippen LogP contribution in [0.1, 0.15) is 17.4 Å². The second-order valence-corrected chi connectivity index (χ2v) is 5.68. The van der Waals surface area contributed by atoms with E-state index >= 15 is 0 Å². The number of methoxy groups -OCH3 is 1. The van der Waals surface area contributed by atoms with Crippen LogP contribution in [0.2, 0.25) is 0 Å². The molecule has 1 N–H and O–H groups in total. The minimum atomic E-state index is -0.733. The average Bonchev–Trinajstić information content (AvgIpc) is 3.21. The number of nitrogens with zero attached hydrogens (tertiary/aromatic N) is 1. The number of thiazole rings is 1. The summed E-state index contributed by atoms with van der Waals surface area (Å²) in [6.07, 6.45) is 0. The Hall–Kier alpha value is -2.61. The topological polar surface area (TPSA) is 86.8 Å². The van der Waals surface area contributed by atoms with Gasteiger partial charge in [-0.25, -0.2) is 9.78 Å². The van der Waals surface area contributed by atoms with Crippen molar-refractivity contribution in [1.29, 1.82) is 0 Å². The molecular formula is C15H14N2O5S. The summed E-state index contributed by atoms with van der Waals surface area (Å²) in [6.45, 7) is 1.75. The van der Waals surface area contributed by atoms with Crippen LogP contribution >= 0.6 is 11.3 Å². The SMILES string of the molecule is COC(=O)[C@@H](C)NC(=O)c1csc(-c2ccc3c(c2)OCO3)n1. The third kappa shape index (κ3) is 3.11. The van der Waals surface area contributed by atoms with Crippen molar-refractivity contribution in [2.75, 3.05) is 13.9 Å². The van der Waals surface area contributed by atoms with Crippen molar-refractivity contribution >= 4 is 23.2 Å². The molecule has 2 heterocycles. The summed E-state index contributed by atoms with van der Waals surface area (Å²) in [7, 11) is 1.27. The molecule has 0 radical (unpaired) electrons. The number of ether oxygens (including phenoxy) is 3. The van der Waals surface area contributed by atoms with Gasteiger partial charge in [-0.15, -0.1) is 11.3 Å². The van der Waals surface area contributed by atoms with Crippen molar-refractivity contribution in [3.05, 3.63) is 29.3 Å². The first kappa shape index (κ1) is 15.3. The molecule has 0 unspecified atom stereocenters. The Labute approximate surface area is 136 Å². The van der Waals surface area contributed by atoms with Crippen LogP contribution in [0, 0.1) is 0 Å². The Morgan fingerprint density at radius 3 is 2.91 bits per heavy atom. The van der Waals surface area contributed by atoms with E-state index in [9.17, 15) is 9.59 Å². The van der Waals surface area contributed by atoms with Crippen LogP contribution in [0.3, 0.4) is 0 Å². The molecule has 0 aliphatic carbocycles. The average molecular weight is 334 g/mol. The number of amides is 1. The summed E-state index contributed by atoms with van der Waals surface area (Å²) in [4.78, 5) is 27.7. The van der Waals surface area contributed by atoms with E-state index in [2.05, 4.69) is 15.0 Å². The quantitative estimate of drug-likeness (QED) is 0.859. The molecule has 0 spiro atoms. The minimum Gasteiger partial charge on any atom is -0.467 e. The maximum Gasteiger partial charge on any atom is 0.328 e. The second kappa shape index (κ2) is 6.25. The van der Waals surface area contributed by atoms with Gasteiger partial charge in [-0.2, -0.15) is 0 Å². The zero-order valence-corrected chi connectivity index (χ0v) is 13.3. The number of esters is 1. The van der Waals surface area contributed by atoms with Gasteiger partial charge < -0.3 is 19.5 Å². The van der Waals surface area contributed by atoms with Crippen molar-refractivity contribution in [1.82, 2.24) is 10.3 Å². The molecule has 8 heteroatoms. The van der Waals surface area contributed by atoms with Crippen molar-refractivity contribution in [3.8, 4) is 22.1 Å². The molecule has 120 valence electrons. The molecule has 2 aromatic rings. The summed E-state index contributed by atoms with van der Waals surface area (Å²) in [5.41, 5.74) is 1.08. The molecule has 1 aliphatic heterocycles. The normalized spacial score (nSPS) is 13.5. The number of fused-ring (bicyclic) bond motifs is 1. The van der Waals surface area contributed by atoms with Crippen molar-refractivity contribution < 1.29 is 23.8 Å². The molecule has 1 atom stereocenters. The Balaban J connectivity index is 1.75. The molecule has 1 aromatic heterocycles. The largest absolute Gasteiger partial charge is 0.467 e. The predicted molar refractivity (Wildman–Crippen MR) is 82.6 cm³/mol. The lowest BCUT2D eigenvalue weighted by Crippen LogP contribution is -2.39. The number of rotatable bonds is 4. The number of hydrogen-bond acceptors (Lipinski definition) is 7. The van der Waals surface area contributed by atoms with Gasteiger partial charge in [0.2, 0.25) is 6.79 Å². The molecule has 1 amide bonds. The molecule has 0 bridgehead atoms. The third-order valence-corrected chi connectivity index (χ3v) is 4.15. The Kier molecular flexibility index (Phi) is 4.16. The van der Waals surface area contributed by atoms with Crippen LogP contribution in [0.25, 0.3) is 10.6 Å². The maximum atomic E-state index is 12.1. The lowest BCUT2D eigenvalue weighted by Gasteiger charge is -2.09. The molecule has 3 rings (SSSR count). The standard InChI is InChI=1S/C15H14N2O5S/c1-8(15(19)20-2)16-13(18)10-6-23-14(17-10)9-3-4-11-12(5-9)22-7-21-11/h3-6,8H,7H2,1-2H3,(H,16,18)/t8-/m1/s1. The summed E-state index contributed by atoms with van der Waals surface area (Å²) in [5, 5.41) is 4.86. The number of benzene rings is 1. The monoisotopic (exact) mass is 334 g/mol. The Morgan fingerprint density at radius 2 is 2.13 bits per heavy atom. The highest BCUT2D eigenvalue weighted by Crippen LogP contribution is 2.36. The highest BCUT2D eigenvalue weighted by Gasteiger charge is 2.20. The fraction of sp³-hybridized carbons (Fsp3) is 0.267. The lowest BCUT2D eigenvalue weighted by molar-refractivity contribution is -0.142. The number of aromatic nitrogens is 1. The molecule has 23 heavy (non-hydrogen) atoms. The van der Waals surface area contributed by atoms with Crippen LogP contribution in [-0.2, 0) is 9.53 Å². The highest BCUT2D eigenvalue weighted by atomic mass is 32.1. The van der Waals surface area contributed by atoms with Gasteiger partial charge in [0.05, 0.1) is 7.11 Å². The fourth-order valence-electron chi connectivity index (χ4n) is 2.05. The number of hydrogen-bond donors (Lipinski definition) is 1. The van der Waals surface area contributed by atoms with Crippen LogP contribution in [0.5, 0.6) is 11.5 Å². The number of nitrogens with one attached hydrogen (secondary N) is 1. The molecule has 0 fully saturated rings.